The third kappa shape index (κ3) is 7.30. The Balaban J connectivity index is 1.95. The van der Waals surface area contributed by atoms with E-state index in [-0.39, 0.29) is 31.5 Å². The highest BCUT2D eigenvalue weighted by atomic mass is 16.5. The molecule has 2 aromatic rings. The first-order chi connectivity index (χ1) is 14.9. The molecule has 0 atom stereocenters. The quantitative estimate of drug-likeness (QED) is 0.452. The zero-order chi connectivity index (χ0) is 22.6. The molecule has 0 radical (unpaired) electrons. The van der Waals surface area contributed by atoms with Gasteiger partial charge in [0.05, 0.1) is 30.5 Å². The molecule has 31 heavy (non-hydrogen) atoms. The minimum Gasteiger partial charge on any atom is -0.452 e. The van der Waals surface area contributed by atoms with Crippen molar-refractivity contribution in [1.82, 2.24) is 4.90 Å². The zero-order valence-corrected chi connectivity index (χ0v) is 17.0. The number of ether oxygens (including phenoxy) is 2. The second-order valence-electron chi connectivity index (χ2n) is 6.47. The maximum atomic E-state index is 12.2. The second-order valence-corrected chi connectivity index (χ2v) is 6.47. The van der Waals surface area contributed by atoms with Crippen LogP contribution in [0.5, 0.6) is 5.75 Å². The fourth-order valence-electron chi connectivity index (χ4n) is 2.71. The Morgan fingerprint density at radius 3 is 1.87 bits per heavy atom. The number of carbonyl (C=O) groups is 3. The Labute approximate surface area is 180 Å². The molecule has 2 aromatic carbocycles. The molecule has 8 heteroatoms. The van der Waals surface area contributed by atoms with E-state index in [4.69, 9.17) is 20.0 Å². The van der Waals surface area contributed by atoms with Crippen LogP contribution in [0.1, 0.15) is 30.1 Å². The van der Waals surface area contributed by atoms with Gasteiger partial charge in [-0.3, -0.25) is 9.59 Å². The topological polar surface area (TPSA) is 120 Å². The molecule has 0 unspecified atom stereocenters. The van der Waals surface area contributed by atoms with E-state index in [9.17, 15) is 14.4 Å². The van der Waals surface area contributed by atoms with Gasteiger partial charge in [0.2, 0.25) is 0 Å². The lowest BCUT2D eigenvalue weighted by Gasteiger charge is -2.20. The molecule has 2 rings (SSSR count). The summed E-state index contributed by atoms with van der Waals surface area (Å²) in [5, 5.41) is 17.4. The summed E-state index contributed by atoms with van der Waals surface area (Å²) < 4.78 is 10.1. The standard InChI is InChI=1S/C23H21N3O5/c1-17(27)31-21-10-8-19(9-11-21)18-4-6-20(7-5-18)23(29)30-16-22(28)26(14-2-12-24)15-3-13-25/h4-11H,2-3,14-16H2,1H3. The number of hydrogen-bond donors (Lipinski definition) is 0. The van der Waals surface area contributed by atoms with Gasteiger partial charge in [-0.15, -0.1) is 0 Å². The van der Waals surface area contributed by atoms with Crippen molar-refractivity contribution >= 4 is 17.8 Å². The van der Waals surface area contributed by atoms with E-state index in [1.54, 1.807) is 48.5 Å². The number of benzene rings is 2. The summed E-state index contributed by atoms with van der Waals surface area (Å²) in [6.07, 6.45) is 0.267. The SMILES string of the molecule is CC(=O)Oc1ccc(-c2ccc(C(=O)OCC(=O)N(CCC#N)CCC#N)cc2)cc1. The van der Waals surface area contributed by atoms with Crippen molar-refractivity contribution in [3.8, 4) is 29.0 Å². The fourth-order valence-corrected chi connectivity index (χ4v) is 2.71. The number of nitriles is 2. The van der Waals surface area contributed by atoms with Crippen LogP contribution in [0, 0.1) is 22.7 Å². The molecule has 0 heterocycles. The number of hydrogen-bond acceptors (Lipinski definition) is 7. The van der Waals surface area contributed by atoms with Gasteiger partial charge in [-0.1, -0.05) is 24.3 Å². The van der Waals surface area contributed by atoms with Crippen LogP contribution in [0.25, 0.3) is 11.1 Å². The molecule has 0 spiro atoms. The first-order valence-electron chi connectivity index (χ1n) is 9.52. The van der Waals surface area contributed by atoms with Gasteiger partial charge in [0.1, 0.15) is 5.75 Å². The molecule has 0 bridgehead atoms. The zero-order valence-electron chi connectivity index (χ0n) is 17.0. The molecule has 0 aromatic heterocycles. The van der Waals surface area contributed by atoms with E-state index in [0.29, 0.717) is 5.75 Å². The second kappa shape index (κ2) is 11.7. The van der Waals surface area contributed by atoms with Crippen LogP contribution in [0.15, 0.2) is 48.5 Å². The van der Waals surface area contributed by atoms with Gasteiger partial charge in [0.25, 0.3) is 5.91 Å². The summed E-state index contributed by atoms with van der Waals surface area (Å²) in [6, 6.07) is 17.5. The number of esters is 2. The van der Waals surface area contributed by atoms with Crippen molar-refractivity contribution in [2.75, 3.05) is 19.7 Å². The van der Waals surface area contributed by atoms with Crippen molar-refractivity contribution in [3.63, 3.8) is 0 Å². The van der Waals surface area contributed by atoms with Crippen molar-refractivity contribution in [2.45, 2.75) is 19.8 Å². The van der Waals surface area contributed by atoms with Crippen LogP contribution in [-0.2, 0) is 14.3 Å². The molecule has 0 fully saturated rings. The van der Waals surface area contributed by atoms with E-state index in [1.165, 1.54) is 11.8 Å². The first-order valence-corrected chi connectivity index (χ1v) is 9.52. The Morgan fingerprint density at radius 1 is 0.871 bits per heavy atom. The molecule has 0 saturated heterocycles. The lowest BCUT2D eigenvalue weighted by atomic mass is 10.0. The highest BCUT2D eigenvalue weighted by Crippen LogP contribution is 2.23. The lowest BCUT2D eigenvalue weighted by molar-refractivity contribution is -0.134. The maximum absolute atomic E-state index is 12.2. The average molecular weight is 419 g/mol. The molecule has 0 aliphatic heterocycles. The van der Waals surface area contributed by atoms with Gasteiger partial charge in [0, 0.05) is 20.0 Å². The summed E-state index contributed by atoms with van der Waals surface area (Å²) in [5.41, 5.74) is 2.01. The number of carbonyl (C=O) groups excluding carboxylic acids is 3. The summed E-state index contributed by atoms with van der Waals surface area (Å²) in [5.74, 6) is -1.05. The molecule has 8 nitrogen and oxygen atoms in total. The Hall–Kier alpha value is -4.17. The van der Waals surface area contributed by atoms with Crippen LogP contribution in [0.2, 0.25) is 0 Å². The van der Waals surface area contributed by atoms with E-state index in [2.05, 4.69) is 0 Å². The summed E-state index contributed by atoms with van der Waals surface area (Å²) in [6.45, 7) is 1.23. The summed E-state index contributed by atoms with van der Waals surface area (Å²) >= 11 is 0. The maximum Gasteiger partial charge on any atom is 0.338 e. The van der Waals surface area contributed by atoms with E-state index in [1.807, 2.05) is 12.1 Å². The van der Waals surface area contributed by atoms with E-state index < -0.39 is 24.5 Å². The summed E-state index contributed by atoms with van der Waals surface area (Å²) in [7, 11) is 0. The third-order valence-corrected chi connectivity index (χ3v) is 4.24. The predicted octanol–water partition coefficient (Wildman–Crippen LogP) is 3.09. The molecular formula is C23H21N3O5. The van der Waals surface area contributed by atoms with Gasteiger partial charge in [-0.2, -0.15) is 10.5 Å². The smallest absolute Gasteiger partial charge is 0.338 e. The van der Waals surface area contributed by atoms with Crippen LogP contribution >= 0.6 is 0 Å². The van der Waals surface area contributed by atoms with Gasteiger partial charge >= 0.3 is 11.9 Å². The van der Waals surface area contributed by atoms with Crippen LogP contribution in [-0.4, -0.2) is 42.4 Å². The van der Waals surface area contributed by atoms with Crippen LogP contribution in [0.4, 0.5) is 0 Å². The monoisotopic (exact) mass is 419 g/mol. The average Bonchev–Trinajstić information content (AvgIpc) is 2.77. The molecule has 0 aliphatic rings. The largest absolute Gasteiger partial charge is 0.452 e. The highest BCUT2D eigenvalue weighted by molar-refractivity contribution is 5.92. The van der Waals surface area contributed by atoms with Gasteiger partial charge in [-0.05, 0) is 35.4 Å². The van der Waals surface area contributed by atoms with E-state index in [0.717, 1.165) is 11.1 Å². The summed E-state index contributed by atoms with van der Waals surface area (Å²) in [4.78, 5) is 36.8. The van der Waals surface area contributed by atoms with Crippen molar-refractivity contribution in [3.05, 3.63) is 54.1 Å². The predicted molar refractivity (Wildman–Crippen MR) is 111 cm³/mol. The minimum atomic E-state index is -0.648. The lowest BCUT2D eigenvalue weighted by Crippen LogP contribution is -2.36. The number of amides is 1. The fraction of sp³-hybridized carbons (Fsp3) is 0.261. The normalized spacial score (nSPS) is 9.77. The molecule has 158 valence electrons. The molecular weight excluding hydrogens is 398 g/mol. The van der Waals surface area contributed by atoms with Gasteiger partial charge < -0.3 is 14.4 Å². The Bertz CT molecular complexity index is 983. The van der Waals surface area contributed by atoms with E-state index >= 15 is 0 Å². The van der Waals surface area contributed by atoms with Gasteiger partial charge in [-0.25, -0.2) is 4.79 Å². The molecule has 0 N–H and O–H groups in total. The van der Waals surface area contributed by atoms with Gasteiger partial charge in [0.15, 0.2) is 6.61 Å². The first kappa shape index (κ1) is 23.1. The minimum absolute atomic E-state index is 0.133. The molecule has 1 amide bonds. The Morgan fingerprint density at radius 2 is 1.39 bits per heavy atom. The number of rotatable bonds is 9. The van der Waals surface area contributed by atoms with Crippen molar-refractivity contribution < 1.29 is 23.9 Å². The molecule has 0 saturated carbocycles. The number of nitrogens with zero attached hydrogens (tertiary/aromatic N) is 3. The van der Waals surface area contributed by atoms with Crippen LogP contribution in [0.3, 0.4) is 0 Å². The van der Waals surface area contributed by atoms with Crippen LogP contribution < -0.4 is 4.74 Å². The third-order valence-electron chi connectivity index (χ3n) is 4.24. The van der Waals surface area contributed by atoms with Crippen molar-refractivity contribution in [2.24, 2.45) is 0 Å². The molecule has 0 aliphatic carbocycles. The van der Waals surface area contributed by atoms with Crippen molar-refractivity contribution in [1.29, 1.82) is 10.5 Å². The highest BCUT2D eigenvalue weighted by Gasteiger charge is 2.16. The Kier molecular flexibility index (Phi) is 8.75.